The molecule has 1 aromatic carbocycles. The number of carbonyl (C=O) groups is 1. The van der Waals surface area contributed by atoms with Gasteiger partial charge in [-0.05, 0) is 32.9 Å². The summed E-state index contributed by atoms with van der Waals surface area (Å²) in [6.45, 7) is 5.40. The Hall–Kier alpha value is -2.37. The molecule has 0 saturated carbocycles. The van der Waals surface area contributed by atoms with Crippen LogP contribution in [0.25, 0.3) is 5.69 Å². The molecule has 0 atom stereocenters. The minimum Gasteiger partial charge on any atom is -0.444 e. The van der Waals surface area contributed by atoms with Gasteiger partial charge in [-0.1, -0.05) is 18.2 Å². The minimum absolute atomic E-state index is 0.345. The molecular weight excluding hydrogens is 244 g/mol. The van der Waals surface area contributed by atoms with Gasteiger partial charge < -0.3 is 4.74 Å². The van der Waals surface area contributed by atoms with Gasteiger partial charge >= 0.3 is 6.09 Å². The van der Waals surface area contributed by atoms with Crippen LogP contribution in [0.4, 0.5) is 10.6 Å². The number of carbonyl (C=O) groups excluding carboxylic acids is 1. The van der Waals surface area contributed by atoms with Crippen LogP contribution in [0, 0.1) is 0 Å². The highest BCUT2D eigenvalue weighted by Gasteiger charge is 2.17. The third-order valence-electron chi connectivity index (χ3n) is 2.11. The Bertz CT molecular complexity index is 558. The van der Waals surface area contributed by atoms with E-state index in [1.807, 2.05) is 30.3 Å². The SMILES string of the molecule is CC(C)(C)OC(=O)Nc1cnn(-c2ccccc2)n1. The maximum Gasteiger partial charge on any atom is 0.413 e. The zero-order chi connectivity index (χ0) is 13.9. The summed E-state index contributed by atoms with van der Waals surface area (Å²) in [5.41, 5.74) is 0.277. The smallest absolute Gasteiger partial charge is 0.413 e. The van der Waals surface area contributed by atoms with E-state index in [9.17, 15) is 4.79 Å². The monoisotopic (exact) mass is 260 g/mol. The van der Waals surface area contributed by atoms with Crippen molar-refractivity contribution in [2.45, 2.75) is 26.4 Å². The maximum atomic E-state index is 11.6. The second kappa shape index (κ2) is 5.09. The number of nitrogens with zero attached hydrogens (tertiary/aromatic N) is 3. The Morgan fingerprint density at radius 3 is 2.58 bits per heavy atom. The molecule has 0 radical (unpaired) electrons. The first kappa shape index (κ1) is 13.1. The Kier molecular flexibility index (Phi) is 3.50. The predicted molar refractivity (Wildman–Crippen MR) is 71.2 cm³/mol. The molecule has 6 heteroatoms. The van der Waals surface area contributed by atoms with Gasteiger partial charge in [0.2, 0.25) is 0 Å². The number of benzene rings is 1. The van der Waals surface area contributed by atoms with E-state index in [2.05, 4.69) is 15.5 Å². The summed E-state index contributed by atoms with van der Waals surface area (Å²) in [6, 6.07) is 9.43. The van der Waals surface area contributed by atoms with E-state index in [1.165, 1.54) is 11.0 Å². The number of para-hydroxylation sites is 1. The maximum absolute atomic E-state index is 11.6. The van der Waals surface area contributed by atoms with Gasteiger partial charge in [-0.3, -0.25) is 5.32 Å². The summed E-state index contributed by atoms with van der Waals surface area (Å²) in [5.74, 6) is 0.345. The van der Waals surface area contributed by atoms with Crippen LogP contribution in [0.2, 0.25) is 0 Å². The zero-order valence-electron chi connectivity index (χ0n) is 11.1. The standard InChI is InChI=1S/C13H16N4O2/c1-13(2,3)19-12(18)15-11-9-14-17(16-11)10-7-5-4-6-8-10/h4-9H,1-3H3,(H,15,16,18). The second-order valence-corrected chi connectivity index (χ2v) is 4.98. The summed E-state index contributed by atoms with van der Waals surface area (Å²) in [6.07, 6.45) is 0.921. The molecule has 1 aromatic heterocycles. The summed E-state index contributed by atoms with van der Waals surface area (Å²) in [4.78, 5) is 13.0. The molecule has 2 rings (SSSR count). The molecular formula is C13H16N4O2. The summed E-state index contributed by atoms with van der Waals surface area (Å²) in [7, 11) is 0. The van der Waals surface area contributed by atoms with Crippen molar-refractivity contribution in [3.8, 4) is 5.69 Å². The first-order chi connectivity index (χ1) is 8.94. The van der Waals surface area contributed by atoms with Crippen LogP contribution in [0.5, 0.6) is 0 Å². The highest BCUT2D eigenvalue weighted by Crippen LogP contribution is 2.10. The minimum atomic E-state index is -0.549. The summed E-state index contributed by atoms with van der Waals surface area (Å²) < 4.78 is 5.13. The molecule has 0 spiro atoms. The molecule has 19 heavy (non-hydrogen) atoms. The Balaban J connectivity index is 2.04. The summed E-state index contributed by atoms with van der Waals surface area (Å²) in [5, 5.41) is 10.7. The quantitative estimate of drug-likeness (QED) is 0.901. The van der Waals surface area contributed by atoms with Crippen LogP contribution in [0.1, 0.15) is 20.8 Å². The number of anilines is 1. The lowest BCUT2D eigenvalue weighted by molar-refractivity contribution is 0.0635. The predicted octanol–water partition coefficient (Wildman–Crippen LogP) is 2.61. The van der Waals surface area contributed by atoms with E-state index < -0.39 is 11.7 Å². The number of hydrogen-bond acceptors (Lipinski definition) is 4. The topological polar surface area (TPSA) is 69.0 Å². The lowest BCUT2D eigenvalue weighted by Crippen LogP contribution is -2.27. The molecule has 0 fully saturated rings. The average Bonchev–Trinajstić information content (AvgIpc) is 2.76. The van der Waals surface area contributed by atoms with E-state index in [4.69, 9.17) is 4.74 Å². The third-order valence-corrected chi connectivity index (χ3v) is 2.11. The number of aromatic nitrogens is 3. The normalized spacial score (nSPS) is 11.1. The fraction of sp³-hybridized carbons (Fsp3) is 0.308. The first-order valence-electron chi connectivity index (χ1n) is 5.92. The van der Waals surface area contributed by atoms with Crippen LogP contribution in [-0.4, -0.2) is 26.7 Å². The molecule has 6 nitrogen and oxygen atoms in total. The van der Waals surface area contributed by atoms with Gasteiger partial charge in [0, 0.05) is 0 Å². The third kappa shape index (κ3) is 3.80. The molecule has 0 unspecified atom stereocenters. The fourth-order valence-electron chi connectivity index (χ4n) is 1.41. The van der Waals surface area contributed by atoms with Crippen molar-refractivity contribution in [1.29, 1.82) is 0 Å². The fourth-order valence-corrected chi connectivity index (χ4v) is 1.41. The molecule has 0 aliphatic heterocycles. The van der Waals surface area contributed by atoms with Gasteiger partial charge in [0.05, 0.1) is 11.9 Å². The van der Waals surface area contributed by atoms with Crippen LogP contribution >= 0.6 is 0 Å². The van der Waals surface area contributed by atoms with Crippen LogP contribution in [0.15, 0.2) is 36.5 Å². The highest BCUT2D eigenvalue weighted by molar-refractivity contribution is 5.83. The number of ether oxygens (including phenoxy) is 1. The van der Waals surface area contributed by atoms with Crippen molar-refractivity contribution < 1.29 is 9.53 Å². The molecule has 1 amide bonds. The van der Waals surface area contributed by atoms with Gasteiger partial charge in [-0.15, -0.1) is 9.90 Å². The zero-order valence-corrected chi connectivity index (χ0v) is 11.1. The summed E-state index contributed by atoms with van der Waals surface area (Å²) >= 11 is 0. The van der Waals surface area contributed by atoms with Gasteiger partial charge in [0.25, 0.3) is 0 Å². The second-order valence-electron chi connectivity index (χ2n) is 4.98. The molecule has 1 N–H and O–H groups in total. The van der Waals surface area contributed by atoms with Crippen molar-refractivity contribution in [2.24, 2.45) is 0 Å². The Morgan fingerprint density at radius 2 is 1.95 bits per heavy atom. The van der Waals surface area contributed by atoms with Crippen molar-refractivity contribution >= 4 is 11.9 Å². The van der Waals surface area contributed by atoms with Crippen molar-refractivity contribution in [3.05, 3.63) is 36.5 Å². The van der Waals surface area contributed by atoms with Crippen molar-refractivity contribution in [3.63, 3.8) is 0 Å². The number of nitrogens with one attached hydrogen (secondary N) is 1. The van der Waals surface area contributed by atoms with E-state index in [0.717, 1.165) is 5.69 Å². The van der Waals surface area contributed by atoms with E-state index >= 15 is 0 Å². The number of hydrogen-bond donors (Lipinski definition) is 1. The molecule has 0 bridgehead atoms. The molecule has 0 aliphatic rings. The Morgan fingerprint density at radius 1 is 1.26 bits per heavy atom. The van der Waals surface area contributed by atoms with E-state index in [0.29, 0.717) is 5.82 Å². The van der Waals surface area contributed by atoms with Crippen LogP contribution < -0.4 is 5.32 Å². The van der Waals surface area contributed by atoms with Crippen LogP contribution in [-0.2, 0) is 4.74 Å². The largest absolute Gasteiger partial charge is 0.444 e. The van der Waals surface area contributed by atoms with Gasteiger partial charge in [-0.25, -0.2) is 4.79 Å². The van der Waals surface area contributed by atoms with Crippen LogP contribution in [0.3, 0.4) is 0 Å². The van der Waals surface area contributed by atoms with Crippen molar-refractivity contribution in [2.75, 3.05) is 5.32 Å². The average molecular weight is 260 g/mol. The van der Waals surface area contributed by atoms with Crippen molar-refractivity contribution in [1.82, 2.24) is 15.0 Å². The molecule has 0 saturated heterocycles. The number of amides is 1. The molecule has 100 valence electrons. The Labute approximate surface area is 111 Å². The molecule has 2 aromatic rings. The molecule has 0 aliphatic carbocycles. The van der Waals surface area contributed by atoms with Gasteiger partial charge in [0.1, 0.15) is 5.60 Å². The lowest BCUT2D eigenvalue weighted by atomic mass is 10.2. The first-order valence-corrected chi connectivity index (χ1v) is 5.92. The van der Waals surface area contributed by atoms with Gasteiger partial charge in [0.15, 0.2) is 5.82 Å². The molecule has 1 heterocycles. The number of rotatable bonds is 2. The lowest BCUT2D eigenvalue weighted by Gasteiger charge is -2.18. The van der Waals surface area contributed by atoms with E-state index in [-0.39, 0.29) is 0 Å². The highest BCUT2D eigenvalue weighted by atomic mass is 16.6. The van der Waals surface area contributed by atoms with Gasteiger partial charge in [-0.2, -0.15) is 5.10 Å². The van der Waals surface area contributed by atoms with E-state index in [1.54, 1.807) is 20.8 Å².